The Hall–Kier alpha value is -3.98. The molecule has 0 aliphatic carbocycles. The summed E-state index contributed by atoms with van der Waals surface area (Å²) < 4.78 is 27.0. The highest BCUT2D eigenvalue weighted by atomic mass is 35.5. The average molecular weight is 792 g/mol. The number of hydrogen-bond acceptors (Lipinski definition) is 8. The van der Waals surface area contributed by atoms with E-state index < -0.39 is 23.7 Å². The molecule has 2 atom stereocenters. The zero-order valence-electron chi connectivity index (χ0n) is 28.9. The quantitative estimate of drug-likeness (QED) is 0.133. The maximum atomic E-state index is 13.5. The van der Waals surface area contributed by atoms with E-state index in [1.807, 2.05) is 27.7 Å². The Bertz CT molecular complexity index is 1800. The molecule has 0 saturated carbocycles. The van der Waals surface area contributed by atoms with E-state index in [1.54, 1.807) is 12.1 Å². The van der Waals surface area contributed by atoms with Crippen molar-refractivity contribution in [3.05, 3.63) is 80.2 Å². The lowest BCUT2D eigenvalue weighted by molar-refractivity contribution is -0.122. The van der Waals surface area contributed by atoms with Gasteiger partial charge in [0.05, 0.1) is 12.4 Å². The summed E-state index contributed by atoms with van der Waals surface area (Å²) >= 11 is 14.0. The summed E-state index contributed by atoms with van der Waals surface area (Å²) in [6.07, 6.45) is 5.98. The molecular formula is C36H38Cl2F2N6O4S2. The van der Waals surface area contributed by atoms with Gasteiger partial charge in [-0.2, -0.15) is 0 Å². The molecule has 0 radical (unpaired) electrons. The van der Waals surface area contributed by atoms with Gasteiger partial charge in [-0.25, -0.2) is 18.7 Å². The fraction of sp³-hybridized carbons (Fsp3) is 0.389. The van der Waals surface area contributed by atoms with Gasteiger partial charge in [-0.1, -0.05) is 50.9 Å². The third kappa shape index (κ3) is 8.30. The number of aromatic nitrogens is 2. The van der Waals surface area contributed by atoms with E-state index in [0.29, 0.717) is 44.0 Å². The van der Waals surface area contributed by atoms with Crippen molar-refractivity contribution in [2.45, 2.75) is 65.5 Å². The molecule has 2 aromatic carbocycles. The summed E-state index contributed by atoms with van der Waals surface area (Å²) in [6, 6.07) is 7.09. The molecule has 4 aromatic rings. The van der Waals surface area contributed by atoms with Crippen molar-refractivity contribution in [1.82, 2.24) is 31.2 Å². The molecule has 4 heterocycles. The molecule has 10 nitrogen and oxygen atoms in total. The van der Waals surface area contributed by atoms with Crippen molar-refractivity contribution in [3.8, 4) is 21.1 Å². The van der Waals surface area contributed by atoms with Crippen molar-refractivity contribution in [3.63, 3.8) is 0 Å². The van der Waals surface area contributed by atoms with Gasteiger partial charge in [0.15, 0.2) is 0 Å². The molecule has 4 amide bonds. The second kappa shape index (κ2) is 16.4. The van der Waals surface area contributed by atoms with E-state index in [9.17, 15) is 28.0 Å². The van der Waals surface area contributed by atoms with Crippen LogP contribution in [-0.4, -0.2) is 58.8 Å². The Kier molecular flexibility index (Phi) is 12.3. The van der Waals surface area contributed by atoms with E-state index in [2.05, 4.69) is 31.2 Å². The lowest BCUT2D eigenvalue weighted by atomic mass is 9.77. The monoisotopic (exact) mass is 790 g/mol. The molecule has 2 aliphatic heterocycles. The second-order valence-corrected chi connectivity index (χ2v) is 15.7. The number of carbonyl (C=O) groups is 4. The van der Waals surface area contributed by atoms with Crippen LogP contribution >= 0.6 is 45.9 Å². The summed E-state index contributed by atoms with van der Waals surface area (Å²) in [5.74, 6) is -1.97. The lowest BCUT2D eigenvalue weighted by Crippen LogP contribution is -2.48. The average Bonchev–Trinajstić information content (AvgIpc) is 3.92. The fourth-order valence-corrected chi connectivity index (χ4v) is 8.59. The number of benzene rings is 2. The van der Waals surface area contributed by atoms with Crippen molar-refractivity contribution >= 4 is 69.5 Å². The van der Waals surface area contributed by atoms with Crippen LogP contribution in [0.3, 0.4) is 0 Å². The van der Waals surface area contributed by atoms with Gasteiger partial charge in [-0.3, -0.25) is 19.2 Å². The highest BCUT2D eigenvalue weighted by Gasteiger charge is 2.48. The minimum absolute atomic E-state index is 0.163. The van der Waals surface area contributed by atoms with Crippen LogP contribution in [0.4, 0.5) is 8.78 Å². The van der Waals surface area contributed by atoms with Gasteiger partial charge in [0.25, 0.3) is 11.8 Å². The molecular weight excluding hydrogens is 753 g/mol. The first-order valence-electron chi connectivity index (χ1n) is 16.8. The maximum Gasteiger partial charge on any atom is 0.263 e. The summed E-state index contributed by atoms with van der Waals surface area (Å²) in [6.45, 7) is 9.17. The largest absolute Gasteiger partial charge is 0.354 e. The van der Waals surface area contributed by atoms with Crippen LogP contribution in [0.1, 0.15) is 72.7 Å². The van der Waals surface area contributed by atoms with Crippen molar-refractivity contribution in [2.75, 3.05) is 13.1 Å². The van der Waals surface area contributed by atoms with Crippen LogP contribution < -0.4 is 21.3 Å². The predicted molar refractivity (Wildman–Crippen MR) is 200 cm³/mol. The topological polar surface area (TPSA) is 142 Å². The van der Waals surface area contributed by atoms with Gasteiger partial charge in [-0.15, -0.1) is 22.7 Å². The predicted octanol–water partition coefficient (Wildman–Crippen LogP) is 7.27. The number of thiazole rings is 2. The Balaban J connectivity index is 0.000000201. The summed E-state index contributed by atoms with van der Waals surface area (Å²) in [4.78, 5) is 58.7. The van der Waals surface area contributed by atoms with Crippen LogP contribution in [-0.2, 0) is 9.59 Å². The van der Waals surface area contributed by atoms with E-state index >= 15 is 0 Å². The van der Waals surface area contributed by atoms with Gasteiger partial charge < -0.3 is 21.3 Å². The molecule has 52 heavy (non-hydrogen) atoms. The van der Waals surface area contributed by atoms with Crippen LogP contribution in [0.5, 0.6) is 0 Å². The first kappa shape index (κ1) is 39.2. The molecule has 0 spiro atoms. The molecule has 2 saturated heterocycles. The molecule has 16 heteroatoms. The number of nitrogens with zero attached hydrogens (tertiary/aromatic N) is 2. The number of nitrogens with one attached hydrogen (secondary N) is 4. The third-order valence-electron chi connectivity index (χ3n) is 10.0. The van der Waals surface area contributed by atoms with Gasteiger partial charge in [0, 0.05) is 45.1 Å². The SMILES string of the molecule is CCC1(CC)CNC(=O)[C@@H]1NC(=O)c1cnc(-c2cc(F)cc(Cl)c2)s1.CCC1(CC)CNC(=O)[C@H]1NC(=O)c1cnc(-c2cc(F)cc(Cl)c2)s1. The lowest BCUT2D eigenvalue weighted by Gasteiger charge is -2.31. The number of amides is 4. The maximum absolute atomic E-state index is 13.5. The molecule has 0 unspecified atom stereocenters. The van der Waals surface area contributed by atoms with E-state index in [-0.39, 0.29) is 44.5 Å². The van der Waals surface area contributed by atoms with Crippen molar-refractivity contribution < 1.29 is 28.0 Å². The number of carbonyl (C=O) groups excluding carboxylic acids is 4. The first-order chi connectivity index (χ1) is 24.8. The highest BCUT2D eigenvalue weighted by molar-refractivity contribution is 7.17. The van der Waals surface area contributed by atoms with Crippen LogP contribution in [0, 0.1) is 22.5 Å². The third-order valence-corrected chi connectivity index (χ3v) is 12.6. The van der Waals surface area contributed by atoms with Crippen molar-refractivity contribution in [2.24, 2.45) is 10.8 Å². The minimum atomic E-state index is -0.570. The summed E-state index contributed by atoms with van der Waals surface area (Å²) in [5.41, 5.74) is 0.454. The second-order valence-electron chi connectivity index (χ2n) is 12.8. The molecule has 6 rings (SSSR count). The normalized spacial score (nSPS) is 18.6. The molecule has 276 valence electrons. The van der Waals surface area contributed by atoms with Gasteiger partial charge in [0.1, 0.15) is 43.5 Å². The van der Waals surface area contributed by atoms with Gasteiger partial charge >= 0.3 is 0 Å². The van der Waals surface area contributed by atoms with Crippen molar-refractivity contribution in [1.29, 1.82) is 0 Å². The Labute approximate surface area is 318 Å². The minimum Gasteiger partial charge on any atom is -0.354 e. The fourth-order valence-electron chi connectivity index (χ4n) is 6.53. The zero-order chi connectivity index (χ0) is 37.8. The van der Waals surface area contributed by atoms with E-state index in [4.69, 9.17) is 23.2 Å². The smallest absolute Gasteiger partial charge is 0.263 e. The van der Waals surface area contributed by atoms with Gasteiger partial charge in [-0.05, 0) is 62.1 Å². The van der Waals surface area contributed by atoms with E-state index in [1.165, 1.54) is 36.7 Å². The molecule has 2 aliphatic rings. The highest BCUT2D eigenvalue weighted by Crippen LogP contribution is 2.36. The van der Waals surface area contributed by atoms with Crippen LogP contribution in [0.25, 0.3) is 21.1 Å². The zero-order valence-corrected chi connectivity index (χ0v) is 32.0. The first-order valence-corrected chi connectivity index (χ1v) is 19.2. The molecule has 2 aromatic heterocycles. The Morgan fingerprint density at radius 2 is 1.08 bits per heavy atom. The van der Waals surface area contributed by atoms with E-state index in [0.717, 1.165) is 48.4 Å². The summed E-state index contributed by atoms with van der Waals surface area (Å²) in [7, 11) is 0. The van der Waals surface area contributed by atoms with Crippen LogP contribution in [0.15, 0.2) is 48.8 Å². The molecule has 0 bridgehead atoms. The Morgan fingerprint density at radius 1 is 0.712 bits per heavy atom. The summed E-state index contributed by atoms with van der Waals surface area (Å²) in [5, 5.41) is 12.9. The number of hydrogen-bond donors (Lipinski definition) is 4. The van der Waals surface area contributed by atoms with Crippen LogP contribution in [0.2, 0.25) is 10.0 Å². The Morgan fingerprint density at radius 3 is 1.40 bits per heavy atom. The molecule has 4 N–H and O–H groups in total. The standard InChI is InChI=1S/2C18H19ClFN3O2S/c2*1-3-18(4-2)9-22-16(25)14(18)23-15(24)13-8-21-17(26-13)10-5-11(19)7-12(20)6-10/h2*5-8,14H,3-4,9H2,1-2H3,(H,22,25)(H,23,24)/t2*14-/m10/s1. The number of halogens is 4. The molecule has 2 fully saturated rings. The number of rotatable bonds is 10. The van der Waals surface area contributed by atoms with Gasteiger partial charge in [0.2, 0.25) is 11.8 Å².